The summed E-state index contributed by atoms with van der Waals surface area (Å²) in [5, 5.41) is 20.7. The first-order chi connectivity index (χ1) is 16.4. The molecular weight excluding hydrogens is 469 g/mol. The minimum absolute atomic E-state index is 0.104. The van der Waals surface area contributed by atoms with Crippen LogP contribution in [0.4, 0.5) is 22.0 Å². The fourth-order valence-corrected chi connectivity index (χ4v) is 3.87. The molecule has 0 radical (unpaired) electrons. The van der Waals surface area contributed by atoms with Gasteiger partial charge in [0.05, 0.1) is 12.2 Å². The summed E-state index contributed by atoms with van der Waals surface area (Å²) in [7, 11) is 0. The van der Waals surface area contributed by atoms with E-state index in [0.29, 0.717) is 11.1 Å². The van der Waals surface area contributed by atoms with Crippen molar-refractivity contribution in [2.45, 2.75) is 31.4 Å². The number of halogens is 5. The number of carbonyl (C=O) groups is 1. The Hall–Kier alpha value is -3.30. The molecule has 0 saturated heterocycles. The largest absolute Gasteiger partial charge is 0.480 e. The van der Waals surface area contributed by atoms with E-state index in [9.17, 15) is 22.4 Å². The van der Waals surface area contributed by atoms with Crippen molar-refractivity contribution < 1.29 is 37.0 Å². The molecule has 186 valence electrons. The summed E-state index contributed by atoms with van der Waals surface area (Å²) in [6.07, 6.45) is 2.41. The van der Waals surface area contributed by atoms with Gasteiger partial charge in [0.25, 0.3) is 0 Å². The molecule has 3 unspecified atom stereocenters. The van der Waals surface area contributed by atoms with Gasteiger partial charge in [-0.15, -0.1) is 0 Å². The van der Waals surface area contributed by atoms with Gasteiger partial charge in [-0.2, -0.15) is 13.2 Å². The molecule has 4 nitrogen and oxygen atoms in total. The monoisotopic (exact) mass is 493 g/mol. The minimum Gasteiger partial charge on any atom is -0.480 e. The van der Waals surface area contributed by atoms with Gasteiger partial charge < -0.3 is 10.2 Å². The molecule has 0 fully saturated rings. The molecule has 3 N–H and O–H groups in total. The van der Waals surface area contributed by atoms with Gasteiger partial charge in [0.1, 0.15) is 17.5 Å². The van der Waals surface area contributed by atoms with E-state index >= 15 is 4.39 Å². The first kappa shape index (κ1) is 26.3. The van der Waals surface area contributed by atoms with Crippen LogP contribution >= 0.6 is 0 Å². The summed E-state index contributed by atoms with van der Waals surface area (Å²) in [6, 6.07) is 7.46. The highest BCUT2D eigenvalue weighted by Gasteiger charge is 2.38. The van der Waals surface area contributed by atoms with Crippen molar-refractivity contribution in [3.63, 3.8) is 0 Å². The van der Waals surface area contributed by atoms with Crippen LogP contribution < -0.4 is 5.32 Å². The predicted molar refractivity (Wildman–Crippen MR) is 122 cm³/mol. The normalized spacial score (nSPS) is 21.2. The van der Waals surface area contributed by atoms with Crippen LogP contribution in [-0.4, -0.2) is 34.5 Å². The number of nitrogens with one attached hydrogen (secondary N) is 1. The van der Waals surface area contributed by atoms with Gasteiger partial charge in [-0.05, 0) is 53.5 Å². The van der Waals surface area contributed by atoms with E-state index < -0.39 is 47.8 Å². The van der Waals surface area contributed by atoms with E-state index in [2.05, 4.69) is 5.32 Å². The first-order valence-corrected chi connectivity index (χ1v) is 10.7. The number of carboxylic acids is 1. The van der Waals surface area contributed by atoms with Crippen molar-refractivity contribution in [1.29, 1.82) is 0 Å². The van der Waals surface area contributed by atoms with Crippen LogP contribution in [0.25, 0.3) is 11.6 Å². The average Bonchev–Trinajstić information content (AvgIpc) is 2.77. The molecule has 35 heavy (non-hydrogen) atoms. The van der Waals surface area contributed by atoms with Crippen LogP contribution in [0.15, 0.2) is 66.8 Å². The van der Waals surface area contributed by atoms with Crippen LogP contribution in [-0.2, 0) is 17.5 Å². The third-order valence-corrected chi connectivity index (χ3v) is 5.81. The lowest BCUT2D eigenvalue weighted by molar-refractivity contribution is -0.140. The number of aliphatic carboxylic acids is 1. The van der Waals surface area contributed by atoms with Crippen LogP contribution in [0.5, 0.6) is 0 Å². The highest BCUT2D eigenvalue weighted by molar-refractivity contribution is 5.76. The van der Waals surface area contributed by atoms with Crippen LogP contribution in [0.2, 0.25) is 0 Å². The lowest BCUT2D eigenvalue weighted by Crippen LogP contribution is -2.39. The molecule has 0 spiro atoms. The third kappa shape index (κ3) is 6.23. The quantitative estimate of drug-likeness (QED) is 0.432. The van der Waals surface area contributed by atoms with Crippen molar-refractivity contribution in [2.75, 3.05) is 6.61 Å². The summed E-state index contributed by atoms with van der Waals surface area (Å²) < 4.78 is 70.3. The van der Waals surface area contributed by atoms with Gasteiger partial charge >= 0.3 is 12.1 Å². The van der Waals surface area contributed by atoms with Crippen LogP contribution in [0, 0.1) is 11.7 Å². The third-order valence-electron chi connectivity index (χ3n) is 5.81. The standard InChI is InChI=1S/C26H24F5NO3/c1-25(28)19(5-3-7-21(25)17-4-2-6-20(27)13-17)10-9-18-12-16(8-11-22(18)26(29,30)31)14-32-23(15-33)24(34)35/h2-13,19,23,32-33H,14-15H2,1H3,(H,34,35)/b10-9+. The smallest absolute Gasteiger partial charge is 0.416 e. The summed E-state index contributed by atoms with van der Waals surface area (Å²) in [4.78, 5) is 11.0. The molecule has 0 bridgehead atoms. The lowest BCUT2D eigenvalue weighted by Gasteiger charge is -2.32. The molecule has 0 saturated carbocycles. The fourth-order valence-electron chi connectivity index (χ4n) is 3.87. The van der Waals surface area contributed by atoms with Gasteiger partial charge in [-0.25, -0.2) is 8.78 Å². The number of carboxylic acid groups (broad SMARTS) is 1. The Balaban J connectivity index is 1.90. The molecule has 1 aliphatic rings. The SMILES string of the molecule is CC1(F)C(c2cccc(F)c2)=CC=CC1/C=C/c1cc(CNC(CO)C(=O)O)ccc1C(F)(F)F. The molecule has 3 rings (SSSR count). The minimum atomic E-state index is -4.67. The molecule has 1 aliphatic carbocycles. The first-order valence-electron chi connectivity index (χ1n) is 10.7. The van der Waals surface area contributed by atoms with Crippen molar-refractivity contribution in [3.8, 4) is 0 Å². The van der Waals surface area contributed by atoms with Crippen LogP contribution in [0.1, 0.15) is 29.2 Å². The van der Waals surface area contributed by atoms with Gasteiger partial charge in [-0.1, -0.05) is 48.6 Å². The molecule has 2 aromatic carbocycles. The molecule has 2 aromatic rings. The number of allylic oxidation sites excluding steroid dienone is 5. The van der Waals surface area contributed by atoms with Crippen LogP contribution in [0.3, 0.4) is 0 Å². The van der Waals surface area contributed by atoms with Crippen molar-refractivity contribution in [1.82, 2.24) is 5.32 Å². The molecule has 0 aromatic heterocycles. The van der Waals surface area contributed by atoms with Gasteiger partial charge in [-0.3, -0.25) is 10.1 Å². The Labute approximate surface area is 199 Å². The van der Waals surface area contributed by atoms with Gasteiger partial charge in [0, 0.05) is 12.5 Å². The topological polar surface area (TPSA) is 69.6 Å². The summed E-state index contributed by atoms with van der Waals surface area (Å²) >= 11 is 0. The summed E-state index contributed by atoms with van der Waals surface area (Å²) in [5.41, 5.74) is -2.30. The zero-order valence-corrected chi connectivity index (χ0v) is 18.7. The van der Waals surface area contributed by atoms with Crippen molar-refractivity contribution in [3.05, 3.63) is 94.8 Å². The number of alkyl halides is 4. The number of benzene rings is 2. The highest BCUT2D eigenvalue weighted by Crippen LogP contribution is 2.42. The maximum atomic E-state index is 15.9. The Morgan fingerprint density at radius 3 is 2.60 bits per heavy atom. The lowest BCUT2D eigenvalue weighted by atomic mass is 9.77. The van der Waals surface area contributed by atoms with E-state index in [1.807, 2.05) is 0 Å². The van der Waals surface area contributed by atoms with E-state index in [0.717, 1.165) is 6.07 Å². The number of aliphatic hydroxyl groups is 1. The fraction of sp³-hybridized carbons (Fsp3) is 0.269. The van der Waals surface area contributed by atoms with E-state index in [4.69, 9.17) is 10.2 Å². The molecule has 3 atom stereocenters. The summed E-state index contributed by atoms with van der Waals surface area (Å²) in [5.74, 6) is -2.76. The number of hydrogen-bond acceptors (Lipinski definition) is 3. The maximum Gasteiger partial charge on any atom is 0.416 e. The zero-order valence-electron chi connectivity index (χ0n) is 18.7. The number of rotatable bonds is 8. The van der Waals surface area contributed by atoms with Crippen molar-refractivity contribution in [2.24, 2.45) is 5.92 Å². The second-order valence-corrected chi connectivity index (χ2v) is 8.31. The second kappa shape index (κ2) is 10.5. The maximum absolute atomic E-state index is 15.9. The van der Waals surface area contributed by atoms with E-state index in [1.165, 1.54) is 61.6 Å². The number of hydrogen-bond donors (Lipinski definition) is 3. The van der Waals surface area contributed by atoms with Gasteiger partial charge in [0.2, 0.25) is 0 Å². The highest BCUT2D eigenvalue weighted by atomic mass is 19.4. The number of aliphatic hydroxyl groups excluding tert-OH is 1. The average molecular weight is 493 g/mol. The van der Waals surface area contributed by atoms with Crippen molar-refractivity contribution >= 4 is 17.6 Å². The molecule has 0 heterocycles. The van der Waals surface area contributed by atoms with E-state index in [1.54, 1.807) is 12.1 Å². The molecule has 0 aliphatic heterocycles. The van der Waals surface area contributed by atoms with Gasteiger partial charge in [0.15, 0.2) is 0 Å². The van der Waals surface area contributed by atoms with E-state index in [-0.39, 0.29) is 17.7 Å². The molecular formula is C26H24F5NO3. The molecule has 0 amide bonds. The second-order valence-electron chi connectivity index (χ2n) is 8.31. The summed E-state index contributed by atoms with van der Waals surface area (Å²) in [6.45, 7) is 0.494. The Bertz CT molecular complexity index is 1170. The molecule has 9 heteroatoms. The predicted octanol–water partition coefficient (Wildman–Crippen LogP) is 5.39. The zero-order chi connectivity index (χ0) is 25.8. The Kier molecular flexibility index (Phi) is 7.92. The Morgan fingerprint density at radius 2 is 1.97 bits per heavy atom. The Morgan fingerprint density at radius 1 is 1.23 bits per heavy atom.